The predicted octanol–water partition coefficient (Wildman–Crippen LogP) is 6.15. The molecule has 10 nitrogen and oxygen atoms in total. The minimum atomic E-state index is -0.668. The number of para-hydroxylation sites is 1. The van der Waals surface area contributed by atoms with E-state index in [1.165, 1.54) is 12.1 Å². The number of hydrogen-bond acceptors (Lipinski definition) is 7. The number of halogens is 1. The predicted molar refractivity (Wildman–Crippen MR) is 153 cm³/mol. The SMILES string of the molecule is CN(C)c1cnc2c(Oc3ccc(NC(=O)Nc4cc(C(C)(C)C)nn4-c4ccccc4)c(F)c3)ccnc2n1. The van der Waals surface area contributed by atoms with Crippen molar-refractivity contribution in [1.82, 2.24) is 24.7 Å². The van der Waals surface area contributed by atoms with Crippen LogP contribution in [0, 0.1) is 5.82 Å². The summed E-state index contributed by atoms with van der Waals surface area (Å²) in [6.45, 7) is 6.11. The van der Waals surface area contributed by atoms with Gasteiger partial charge in [-0.15, -0.1) is 0 Å². The van der Waals surface area contributed by atoms with E-state index in [2.05, 4.69) is 30.7 Å². The van der Waals surface area contributed by atoms with Gasteiger partial charge in [0.15, 0.2) is 16.9 Å². The first-order chi connectivity index (χ1) is 19.1. The maximum atomic E-state index is 15.0. The van der Waals surface area contributed by atoms with Crippen LogP contribution in [0.3, 0.4) is 0 Å². The molecule has 0 bridgehead atoms. The Bertz CT molecular complexity index is 1680. The lowest BCUT2D eigenvalue weighted by molar-refractivity contribution is 0.262. The van der Waals surface area contributed by atoms with Gasteiger partial charge in [0.05, 0.1) is 23.3 Å². The molecule has 2 aromatic carbocycles. The molecule has 0 atom stereocenters. The number of pyridine rings is 1. The summed E-state index contributed by atoms with van der Waals surface area (Å²) in [4.78, 5) is 27.8. The van der Waals surface area contributed by atoms with Gasteiger partial charge in [-0.25, -0.2) is 28.8 Å². The van der Waals surface area contributed by atoms with Crippen molar-refractivity contribution in [2.24, 2.45) is 0 Å². The molecule has 40 heavy (non-hydrogen) atoms. The molecule has 0 spiro atoms. The number of hydrogen-bond donors (Lipinski definition) is 2. The molecule has 0 saturated carbocycles. The van der Waals surface area contributed by atoms with E-state index in [9.17, 15) is 4.79 Å². The summed E-state index contributed by atoms with van der Waals surface area (Å²) < 4.78 is 22.6. The quantitative estimate of drug-likeness (QED) is 0.266. The molecule has 2 amide bonds. The number of anilines is 3. The third-order valence-electron chi connectivity index (χ3n) is 5.99. The summed E-state index contributed by atoms with van der Waals surface area (Å²) in [6, 6.07) is 16.5. The minimum Gasteiger partial charge on any atom is -0.455 e. The normalized spacial score (nSPS) is 11.3. The third-order valence-corrected chi connectivity index (χ3v) is 5.99. The van der Waals surface area contributed by atoms with Crippen LogP contribution in [0.2, 0.25) is 0 Å². The number of benzene rings is 2. The number of nitrogens with zero attached hydrogens (tertiary/aromatic N) is 6. The first-order valence-corrected chi connectivity index (χ1v) is 12.6. The zero-order valence-electron chi connectivity index (χ0n) is 22.8. The van der Waals surface area contributed by atoms with Gasteiger partial charge in [0, 0.05) is 43.9 Å². The van der Waals surface area contributed by atoms with Crippen molar-refractivity contribution in [3.8, 4) is 17.2 Å². The van der Waals surface area contributed by atoms with E-state index >= 15 is 4.39 Å². The van der Waals surface area contributed by atoms with Crippen molar-refractivity contribution in [2.75, 3.05) is 29.6 Å². The van der Waals surface area contributed by atoms with Crippen LogP contribution in [0.5, 0.6) is 11.5 Å². The van der Waals surface area contributed by atoms with Gasteiger partial charge in [0.25, 0.3) is 0 Å². The summed E-state index contributed by atoms with van der Waals surface area (Å²) in [5, 5.41) is 10.0. The second-order valence-corrected chi connectivity index (χ2v) is 10.3. The van der Waals surface area contributed by atoms with E-state index in [1.807, 2.05) is 76.2 Å². The average Bonchev–Trinajstić information content (AvgIpc) is 3.35. The lowest BCUT2D eigenvalue weighted by Gasteiger charge is -2.14. The molecule has 0 unspecified atom stereocenters. The Balaban J connectivity index is 1.33. The summed E-state index contributed by atoms with van der Waals surface area (Å²) in [5.74, 6) is 1.05. The molecular weight excluding hydrogens is 511 g/mol. The van der Waals surface area contributed by atoms with Crippen molar-refractivity contribution >= 4 is 34.5 Å². The summed E-state index contributed by atoms with van der Waals surface area (Å²) in [7, 11) is 3.71. The fraction of sp³-hybridized carbons (Fsp3) is 0.207. The lowest BCUT2D eigenvalue weighted by atomic mass is 9.92. The maximum Gasteiger partial charge on any atom is 0.324 e. The number of fused-ring (bicyclic) bond motifs is 1. The van der Waals surface area contributed by atoms with E-state index in [-0.39, 0.29) is 16.9 Å². The Morgan fingerprint density at radius 2 is 1.77 bits per heavy atom. The Morgan fingerprint density at radius 1 is 1.00 bits per heavy atom. The number of rotatable bonds is 6. The van der Waals surface area contributed by atoms with Gasteiger partial charge in [-0.05, 0) is 24.3 Å². The number of aromatic nitrogens is 5. The van der Waals surface area contributed by atoms with Crippen molar-refractivity contribution < 1.29 is 13.9 Å². The van der Waals surface area contributed by atoms with Crippen molar-refractivity contribution in [3.63, 3.8) is 0 Å². The van der Waals surface area contributed by atoms with Crippen molar-refractivity contribution in [3.05, 3.63) is 84.6 Å². The molecule has 3 aromatic heterocycles. The van der Waals surface area contributed by atoms with E-state index < -0.39 is 11.8 Å². The van der Waals surface area contributed by atoms with E-state index in [1.54, 1.807) is 29.2 Å². The van der Waals surface area contributed by atoms with Gasteiger partial charge in [0.2, 0.25) is 0 Å². The molecule has 5 rings (SSSR count). The molecule has 11 heteroatoms. The highest BCUT2D eigenvalue weighted by molar-refractivity contribution is 5.99. The first kappa shape index (κ1) is 26.5. The summed E-state index contributed by atoms with van der Waals surface area (Å²) >= 11 is 0. The Kier molecular flexibility index (Phi) is 7.03. The lowest BCUT2D eigenvalue weighted by Crippen LogP contribution is -2.21. The number of ether oxygens (including phenoxy) is 1. The largest absolute Gasteiger partial charge is 0.455 e. The van der Waals surface area contributed by atoms with Crippen molar-refractivity contribution in [2.45, 2.75) is 26.2 Å². The molecule has 0 aliphatic heterocycles. The van der Waals surface area contributed by atoms with Gasteiger partial charge in [-0.2, -0.15) is 5.10 Å². The molecule has 0 saturated heterocycles. The molecule has 5 aromatic rings. The molecule has 0 radical (unpaired) electrons. The van der Waals surface area contributed by atoms with Crippen LogP contribution < -0.4 is 20.3 Å². The van der Waals surface area contributed by atoms with Crippen LogP contribution in [0.15, 0.2) is 73.1 Å². The van der Waals surface area contributed by atoms with Crippen LogP contribution in [0.4, 0.5) is 26.5 Å². The highest BCUT2D eigenvalue weighted by Crippen LogP contribution is 2.30. The Hall–Kier alpha value is -5.06. The van der Waals surface area contributed by atoms with Crippen LogP contribution in [0.25, 0.3) is 16.9 Å². The average molecular weight is 541 g/mol. The fourth-order valence-corrected chi connectivity index (χ4v) is 3.85. The second kappa shape index (κ2) is 10.6. The van der Waals surface area contributed by atoms with Crippen LogP contribution in [-0.2, 0) is 5.41 Å². The Labute approximate surface area is 230 Å². The third kappa shape index (κ3) is 5.68. The zero-order valence-corrected chi connectivity index (χ0v) is 22.8. The zero-order chi connectivity index (χ0) is 28.4. The highest BCUT2D eigenvalue weighted by Gasteiger charge is 2.22. The summed E-state index contributed by atoms with van der Waals surface area (Å²) in [6.07, 6.45) is 3.16. The molecule has 0 aliphatic rings. The molecule has 2 N–H and O–H groups in total. The van der Waals surface area contributed by atoms with Crippen molar-refractivity contribution in [1.29, 1.82) is 0 Å². The second-order valence-electron chi connectivity index (χ2n) is 10.3. The van der Waals surface area contributed by atoms with Crippen LogP contribution >= 0.6 is 0 Å². The molecule has 204 valence electrons. The first-order valence-electron chi connectivity index (χ1n) is 12.6. The topological polar surface area (TPSA) is 110 Å². The summed E-state index contributed by atoms with van der Waals surface area (Å²) in [5.41, 5.74) is 2.18. The fourth-order valence-electron chi connectivity index (χ4n) is 3.85. The van der Waals surface area contributed by atoms with E-state index in [0.29, 0.717) is 28.5 Å². The van der Waals surface area contributed by atoms with Crippen LogP contribution in [-0.4, -0.2) is 44.9 Å². The number of urea groups is 1. The van der Waals surface area contributed by atoms with Gasteiger partial charge in [-0.1, -0.05) is 39.0 Å². The highest BCUT2D eigenvalue weighted by atomic mass is 19.1. The van der Waals surface area contributed by atoms with E-state index in [0.717, 1.165) is 11.4 Å². The van der Waals surface area contributed by atoms with Crippen LogP contribution in [0.1, 0.15) is 26.5 Å². The number of carbonyl (C=O) groups is 1. The maximum absolute atomic E-state index is 15.0. The molecule has 0 fully saturated rings. The monoisotopic (exact) mass is 540 g/mol. The molecular formula is C29H29FN8O2. The number of carbonyl (C=O) groups excluding carboxylic acids is 1. The number of nitrogens with one attached hydrogen (secondary N) is 2. The van der Waals surface area contributed by atoms with Gasteiger partial charge >= 0.3 is 6.03 Å². The standard InChI is InChI=1S/C29H29FN8O2/c1-29(2,3)23-16-24(38(36-23)18-9-7-6-8-10-18)35-28(39)33-21-12-11-19(15-20(21)30)40-22-13-14-31-27-26(22)32-17-25(34-27)37(4)5/h6-17H,1-5H3,(H2,33,35,39). The number of amides is 2. The Morgan fingerprint density at radius 3 is 2.48 bits per heavy atom. The smallest absolute Gasteiger partial charge is 0.324 e. The molecule has 3 heterocycles. The van der Waals surface area contributed by atoms with Gasteiger partial charge in [-0.3, -0.25) is 5.32 Å². The molecule has 0 aliphatic carbocycles. The van der Waals surface area contributed by atoms with Gasteiger partial charge < -0.3 is 15.0 Å². The van der Waals surface area contributed by atoms with Gasteiger partial charge in [0.1, 0.15) is 23.2 Å². The minimum absolute atomic E-state index is 0.0123. The van der Waals surface area contributed by atoms with E-state index in [4.69, 9.17) is 4.74 Å².